The SMILES string of the molecule is OC1(c2ccc(Oc3ccccc3)cc2)CCCC1. The van der Waals surface area contributed by atoms with Crippen molar-refractivity contribution in [1.82, 2.24) is 0 Å². The van der Waals surface area contributed by atoms with Crippen LogP contribution in [0.2, 0.25) is 0 Å². The molecule has 1 fully saturated rings. The summed E-state index contributed by atoms with van der Waals surface area (Å²) in [7, 11) is 0. The van der Waals surface area contributed by atoms with Crippen molar-refractivity contribution >= 4 is 0 Å². The molecular weight excluding hydrogens is 236 g/mol. The van der Waals surface area contributed by atoms with Gasteiger partial charge in [-0.15, -0.1) is 0 Å². The molecule has 0 heterocycles. The molecule has 0 atom stereocenters. The van der Waals surface area contributed by atoms with Crippen LogP contribution in [0, 0.1) is 0 Å². The van der Waals surface area contributed by atoms with Gasteiger partial charge in [0.2, 0.25) is 0 Å². The van der Waals surface area contributed by atoms with Gasteiger partial charge in [-0.3, -0.25) is 0 Å². The van der Waals surface area contributed by atoms with E-state index in [2.05, 4.69) is 0 Å². The van der Waals surface area contributed by atoms with Crippen molar-refractivity contribution < 1.29 is 9.84 Å². The molecule has 0 radical (unpaired) electrons. The van der Waals surface area contributed by atoms with E-state index >= 15 is 0 Å². The van der Waals surface area contributed by atoms with Crippen LogP contribution in [0.4, 0.5) is 0 Å². The van der Waals surface area contributed by atoms with Gasteiger partial charge in [-0.1, -0.05) is 43.2 Å². The maximum atomic E-state index is 10.5. The van der Waals surface area contributed by atoms with Gasteiger partial charge in [0, 0.05) is 0 Å². The van der Waals surface area contributed by atoms with Crippen LogP contribution < -0.4 is 4.74 Å². The maximum absolute atomic E-state index is 10.5. The van der Waals surface area contributed by atoms with Gasteiger partial charge < -0.3 is 9.84 Å². The number of aliphatic hydroxyl groups is 1. The lowest BCUT2D eigenvalue weighted by Gasteiger charge is -2.22. The predicted molar refractivity (Wildman–Crippen MR) is 75.3 cm³/mol. The summed E-state index contributed by atoms with van der Waals surface area (Å²) in [6.45, 7) is 0. The minimum atomic E-state index is -0.620. The van der Waals surface area contributed by atoms with Gasteiger partial charge in [-0.25, -0.2) is 0 Å². The number of rotatable bonds is 3. The molecule has 0 aromatic heterocycles. The summed E-state index contributed by atoms with van der Waals surface area (Å²) in [5.41, 5.74) is 0.385. The van der Waals surface area contributed by atoms with Gasteiger partial charge in [0.15, 0.2) is 0 Å². The molecule has 19 heavy (non-hydrogen) atoms. The number of benzene rings is 2. The number of para-hydroxylation sites is 1. The lowest BCUT2D eigenvalue weighted by molar-refractivity contribution is 0.0444. The van der Waals surface area contributed by atoms with Crippen molar-refractivity contribution in [1.29, 1.82) is 0 Å². The zero-order valence-corrected chi connectivity index (χ0v) is 10.9. The standard InChI is InChI=1S/C17H18O2/c18-17(12-4-5-13-17)14-8-10-16(11-9-14)19-15-6-2-1-3-7-15/h1-3,6-11,18H,4-5,12-13H2. The lowest BCUT2D eigenvalue weighted by Crippen LogP contribution is -2.20. The van der Waals surface area contributed by atoms with E-state index in [0.29, 0.717) is 0 Å². The Hall–Kier alpha value is -1.80. The van der Waals surface area contributed by atoms with Gasteiger partial charge in [-0.2, -0.15) is 0 Å². The Morgan fingerprint density at radius 1 is 0.789 bits per heavy atom. The summed E-state index contributed by atoms with van der Waals surface area (Å²) in [4.78, 5) is 0. The van der Waals surface area contributed by atoms with Crippen LogP contribution >= 0.6 is 0 Å². The third-order valence-electron chi connectivity index (χ3n) is 3.80. The molecule has 2 nitrogen and oxygen atoms in total. The van der Waals surface area contributed by atoms with Crippen LogP contribution in [-0.4, -0.2) is 5.11 Å². The quantitative estimate of drug-likeness (QED) is 0.887. The highest BCUT2D eigenvalue weighted by molar-refractivity contribution is 5.35. The van der Waals surface area contributed by atoms with Crippen LogP contribution in [0.15, 0.2) is 54.6 Å². The van der Waals surface area contributed by atoms with Gasteiger partial charge in [0.25, 0.3) is 0 Å². The molecule has 1 N–H and O–H groups in total. The first-order valence-electron chi connectivity index (χ1n) is 6.82. The van der Waals surface area contributed by atoms with Crippen molar-refractivity contribution in [3.63, 3.8) is 0 Å². The summed E-state index contributed by atoms with van der Waals surface area (Å²) in [5.74, 6) is 1.63. The molecule has 0 saturated heterocycles. The summed E-state index contributed by atoms with van der Waals surface area (Å²) in [6, 6.07) is 17.5. The molecule has 2 aromatic carbocycles. The number of hydrogen-bond donors (Lipinski definition) is 1. The average molecular weight is 254 g/mol. The van der Waals surface area contributed by atoms with Crippen molar-refractivity contribution in [3.05, 3.63) is 60.2 Å². The molecule has 2 aromatic rings. The van der Waals surface area contributed by atoms with E-state index in [1.54, 1.807) is 0 Å². The van der Waals surface area contributed by atoms with E-state index in [4.69, 9.17) is 4.74 Å². The first-order chi connectivity index (χ1) is 9.26. The van der Waals surface area contributed by atoms with Gasteiger partial charge in [0.1, 0.15) is 11.5 Å². The van der Waals surface area contributed by atoms with Crippen molar-refractivity contribution in [2.75, 3.05) is 0 Å². The van der Waals surface area contributed by atoms with E-state index in [9.17, 15) is 5.11 Å². The van der Waals surface area contributed by atoms with Crippen molar-refractivity contribution in [2.45, 2.75) is 31.3 Å². The van der Waals surface area contributed by atoms with Crippen LogP contribution in [0.3, 0.4) is 0 Å². The minimum Gasteiger partial charge on any atom is -0.457 e. The minimum absolute atomic E-state index is 0.620. The zero-order chi connectivity index (χ0) is 13.1. The summed E-state index contributed by atoms with van der Waals surface area (Å²) in [5, 5.41) is 10.5. The summed E-state index contributed by atoms with van der Waals surface area (Å²) in [6.07, 6.45) is 3.95. The van der Waals surface area contributed by atoms with Crippen LogP contribution in [0.25, 0.3) is 0 Å². The topological polar surface area (TPSA) is 29.5 Å². The van der Waals surface area contributed by atoms with Crippen LogP contribution in [0.5, 0.6) is 11.5 Å². The number of hydrogen-bond acceptors (Lipinski definition) is 2. The fraction of sp³-hybridized carbons (Fsp3) is 0.294. The zero-order valence-electron chi connectivity index (χ0n) is 10.9. The van der Waals surface area contributed by atoms with Crippen molar-refractivity contribution in [3.8, 4) is 11.5 Å². The van der Waals surface area contributed by atoms with Crippen LogP contribution in [-0.2, 0) is 5.60 Å². The Labute approximate surface area is 113 Å². The van der Waals surface area contributed by atoms with Gasteiger partial charge >= 0.3 is 0 Å². The second-order valence-corrected chi connectivity index (χ2v) is 5.18. The molecule has 98 valence electrons. The summed E-state index contributed by atoms with van der Waals surface area (Å²) >= 11 is 0. The molecule has 1 aliphatic carbocycles. The highest BCUT2D eigenvalue weighted by Gasteiger charge is 2.32. The molecule has 1 saturated carbocycles. The van der Waals surface area contributed by atoms with Crippen molar-refractivity contribution in [2.24, 2.45) is 0 Å². The van der Waals surface area contributed by atoms with Crippen LogP contribution in [0.1, 0.15) is 31.2 Å². The first-order valence-corrected chi connectivity index (χ1v) is 6.82. The average Bonchev–Trinajstić information content (AvgIpc) is 2.89. The second-order valence-electron chi connectivity index (χ2n) is 5.18. The largest absolute Gasteiger partial charge is 0.457 e. The monoisotopic (exact) mass is 254 g/mol. The molecule has 1 aliphatic rings. The fourth-order valence-corrected chi connectivity index (χ4v) is 2.71. The summed E-state index contributed by atoms with van der Waals surface area (Å²) < 4.78 is 5.75. The third kappa shape index (κ3) is 2.64. The molecule has 0 spiro atoms. The van der Waals surface area contributed by atoms with E-state index < -0.39 is 5.60 Å². The normalized spacial score (nSPS) is 17.3. The second kappa shape index (κ2) is 5.06. The Kier molecular flexibility index (Phi) is 3.26. The third-order valence-corrected chi connectivity index (χ3v) is 3.80. The lowest BCUT2D eigenvalue weighted by atomic mass is 9.92. The molecule has 2 heteroatoms. The molecule has 0 unspecified atom stereocenters. The predicted octanol–water partition coefficient (Wildman–Crippen LogP) is 4.24. The van der Waals surface area contributed by atoms with E-state index in [-0.39, 0.29) is 0 Å². The highest BCUT2D eigenvalue weighted by atomic mass is 16.5. The molecule has 0 amide bonds. The van der Waals surface area contributed by atoms with Gasteiger partial charge in [-0.05, 0) is 42.7 Å². The Bertz CT molecular complexity index is 525. The highest BCUT2D eigenvalue weighted by Crippen LogP contribution is 2.39. The first kappa shape index (κ1) is 12.2. The molecular formula is C17H18O2. The van der Waals surface area contributed by atoms with Gasteiger partial charge in [0.05, 0.1) is 5.60 Å². The smallest absolute Gasteiger partial charge is 0.127 e. The fourth-order valence-electron chi connectivity index (χ4n) is 2.71. The van der Waals surface area contributed by atoms with E-state index in [0.717, 1.165) is 42.7 Å². The van der Waals surface area contributed by atoms with E-state index in [1.165, 1.54) is 0 Å². The maximum Gasteiger partial charge on any atom is 0.127 e. The Morgan fingerprint density at radius 3 is 2.00 bits per heavy atom. The Balaban J connectivity index is 1.76. The molecule has 0 aliphatic heterocycles. The Morgan fingerprint density at radius 2 is 1.37 bits per heavy atom. The van der Waals surface area contributed by atoms with E-state index in [1.807, 2.05) is 54.6 Å². The molecule has 0 bridgehead atoms. The number of ether oxygens (including phenoxy) is 1. The molecule has 3 rings (SSSR count).